The highest BCUT2D eigenvalue weighted by molar-refractivity contribution is 7.19. The lowest BCUT2D eigenvalue weighted by Crippen LogP contribution is -2.10. The number of amides is 1. The first-order chi connectivity index (χ1) is 13.0. The highest BCUT2D eigenvalue weighted by Gasteiger charge is 2.10. The second-order valence-electron chi connectivity index (χ2n) is 6.33. The van der Waals surface area contributed by atoms with Gasteiger partial charge in [0.15, 0.2) is 0 Å². The highest BCUT2D eigenvalue weighted by atomic mass is 35.5. The third-order valence-corrected chi connectivity index (χ3v) is 5.78. The van der Waals surface area contributed by atoms with Crippen molar-refractivity contribution in [1.82, 2.24) is 0 Å². The fourth-order valence-electron chi connectivity index (χ4n) is 3.16. The van der Waals surface area contributed by atoms with Crippen molar-refractivity contribution in [2.75, 3.05) is 0 Å². The van der Waals surface area contributed by atoms with Gasteiger partial charge in [-0.25, -0.2) is 4.39 Å². The zero-order valence-electron chi connectivity index (χ0n) is 14.2. The molecule has 0 saturated carbocycles. The second kappa shape index (κ2) is 7.14. The number of hydrogen-bond acceptors (Lipinski definition) is 2. The molecule has 4 aromatic rings. The van der Waals surface area contributed by atoms with Gasteiger partial charge in [-0.15, -0.1) is 11.3 Å². The lowest BCUT2D eigenvalue weighted by atomic mass is 10.0. The molecule has 0 aliphatic rings. The molecule has 0 fully saturated rings. The molecule has 0 aliphatic carbocycles. The molecule has 5 heteroatoms. The summed E-state index contributed by atoms with van der Waals surface area (Å²) in [6.45, 7) is 0. The van der Waals surface area contributed by atoms with E-state index in [2.05, 4.69) is 18.2 Å². The summed E-state index contributed by atoms with van der Waals surface area (Å²) in [5.41, 5.74) is 8.77. The number of nitrogens with two attached hydrogens (primary N) is 1. The van der Waals surface area contributed by atoms with Gasteiger partial charge in [0.25, 0.3) is 0 Å². The first-order valence-corrected chi connectivity index (χ1v) is 9.56. The van der Waals surface area contributed by atoms with Crippen LogP contribution < -0.4 is 5.73 Å². The Morgan fingerprint density at radius 1 is 1.04 bits per heavy atom. The minimum Gasteiger partial charge on any atom is -0.366 e. The van der Waals surface area contributed by atoms with Crippen LogP contribution in [0.1, 0.15) is 20.8 Å². The zero-order valence-corrected chi connectivity index (χ0v) is 15.8. The van der Waals surface area contributed by atoms with Crippen LogP contribution in [0.5, 0.6) is 0 Å². The van der Waals surface area contributed by atoms with E-state index in [1.807, 2.05) is 18.2 Å². The predicted molar refractivity (Wildman–Crippen MR) is 110 cm³/mol. The standard InChI is InChI=1S/C22H15ClFNOS/c23-17-8-13(9-18(24)12-17)10-19-11-16-2-1-3-20(21(16)27-19)14-4-6-15(7-5-14)22(25)26/h1-9,11-12H,10H2,(H2,25,26). The number of benzene rings is 3. The van der Waals surface area contributed by atoms with Crippen LogP contribution in [0.15, 0.2) is 66.7 Å². The van der Waals surface area contributed by atoms with E-state index in [9.17, 15) is 9.18 Å². The van der Waals surface area contributed by atoms with Crippen LogP contribution in [0, 0.1) is 5.82 Å². The molecule has 1 heterocycles. The lowest BCUT2D eigenvalue weighted by molar-refractivity contribution is 0.100. The summed E-state index contributed by atoms with van der Waals surface area (Å²) in [6, 6.07) is 20.1. The first kappa shape index (κ1) is 17.7. The van der Waals surface area contributed by atoms with Crippen molar-refractivity contribution < 1.29 is 9.18 Å². The molecule has 0 spiro atoms. The van der Waals surface area contributed by atoms with Gasteiger partial charge in [0.05, 0.1) is 0 Å². The number of thiophene rings is 1. The van der Waals surface area contributed by atoms with E-state index in [0.29, 0.717) is 17.0 Å². The molecule has 0 atom stereocenters. The van der Waals surface area contributed by atoms with Gasteiger partial charge < -0.3 is 5.73 Å². The van der Waals surface area contributed by atoms with Gasteiger partial charge >= 0.3 is 0 Å². The van der Waals surface area contributed by atoms with Crippen molar-refractivity contribution in [3.05, 3.63) is 93.6 Å². The zero-order chi connectivity index (χ0) is 19.0. The summed E-state index contributed by atoms with van der Waals surface area (Å²) < 4.78 is 14.8. The maximum absolute atomic E-state index is 13.6. The minimum absolute atomic E-state index is 0.325. The summed E-state index contributed by atoms with van der Waals surface area (Å²) in [6.07, 6.45) is 0.622. The summed E-state index contributed by atoms with van der Waals surface area (Å²) in [4.78, 5) is 12.4. The Morgan fingerprint density at radius 2 is 1.81 bits per heavy atom. The number of halogens is 2. The van der Waals surface area contributed by atoms with Gasteiger partial charge in [-0.05, 0) is 58.5 Å². The van der Waals surface area contributed by atoms with Crippen molar-refractivity contribution in [3.8, 4) is 11.1 Å². The third-order valence-electron chi connectivity index (χ3n) is 4.38. The topological polar surface area (TPSA) is 43.1 Å². The molecule has 0 unspecified atom stereocenters. The van der Waals surface area contributed by atoms with E-state index in [-0.39, 0.29) is 5.82 Å². The van der Waals surface area contributed by atoms with E-state index >= 15 is 0 Å². The Hall–Kier alpha value is -2.69. The van der Waals surface area contributed by atoms with Crippen LogP contribution in [0.2, 0.25) is 5.02 Å². The molecule has 1 aromatic heterocycles. The molecule has 27 heavy (non-hydrogen) atoms. The van der Waals surface area contributed by atoms with Crippen molar-refractivity contribution in [2.45, 2.75) is 6.42 Å². The molecule has 0 bridgehead atoms. The van der Waals surface area contributed by atoms with E-state index < -0.39 is 5.91 Å². The predicted octanol–water partition coefficient (Wildman–Crippen LogP) is 6.05. The van der Waals surface area contributed by atoms with E-state index in [1.165, 1.54) is 12.1 Å². The fraction of sp³-hybridized carbons (Fsp3) is 0.0455. The lowest BCUT2D eigenvalue weighted by Gasteiger charge is -2.04. The van der Waals surface area contributed by atoms with Crippen LogP contribution in [-0.4, -0.2) is 5.91 Å². The normalized spacial score (nSPS) is 11.0. The van der Waals surface area contributed by atoms with Gasteiger partial charge in [0, 0.05) is 26.6 Å². The largest absolute Gasteiger partial charge is 0.366 e. The molecule has 2 N–H and O–H groups in total. The second-order valence-corrected chi connectivity index (χ2v) is 7.91. The Labute approximate surface area is 165 Å². The van der Waals surface area contributed by atoms with Crippen LogP contribution in [0.4, 0.5) is 4.39 Å². The molecule has 134 valence electrons. The molecular weight excluding hydrogens is 381 g/mol. The highest BCUT2D eigenvalue weighted by Crippen LogP contribution is 2.36. The van der Waals surface area contributed by atoms with Gasteiger partial charge in [0.2, 0.25) is 5.91 Å². The van der Waals surface area contributed by atoms with Gasteiger partial charge in [-0.1, -0.05) is 41.9 Å². The number of hydrogen-bond donors (Lipinski definition) is 1. The Balaban J connectivity index is 1.72. The van der Waals surface area contributed by atoms with Gasteiger partial charge in [-0.3, -0.25) is 4.79 Å². The molecule has 0 saturated heterocycles. The van der Waals surface area contributed by atoms with Crippen LogP contribution in [0.25, 0.3) is 21.2 Å². The molecule has 3 aromatic carbocycles. The van der Waals surface area contributed by atoms with Crippen molar-refractivity contribution in [1.29, 1.82) is 0 Å². The van der Waals surface area contributed by atoms with Crippen molar-refractivity contribution in [3.63, 3.8) is 0 Å². The van der Waals surface area contributed by atoms with Crippen molar-refractivity contribution in [2.24, 2.45) is 5.73 Å². The SMILES string of the molecule is NC(=O)c1ccc(-c2cccc3cc(Cc4cc(F)cc(Cl)c4)sc23)cc1. The maximum Gasteiger partial charge on any atom is 0.248 e. The first-order valence-electron chi connectivity index (χ1n) is 8.36. The fourth-order valence-corrected chi connectivity index (χ4v) is 4.63. The van der Waals surface area contributed by atoms with Gasteiger partial charge in [-0.2, -0.15) is 0 Å². The Bertz CT molecular complexity index is 1130. The maximum atomic E-state index is 13.6. The molecular formula is C22H15ClFNOS. The molecule has 1 amide bonds. The van der Waals surface area contributed by atoms with Crippen molar-refractivity contribution >= 4 is 38.9 Å². The number of carbonyl (C=O) groups is 1. The van der Waals surface area contributed by atoms with Crippen LogP contribution in [0.3, 0.4) is 0 Å². The molecule has 0 radical (unpaired) electrons. The number of fused-ring (bicyclic) bond motifs is 1. The van der Waals surface area contributed by atoms with Gasteiger partial charge in [0.1, 0.15) is 5.82 Å². The smallest absolute Gasteiger partial charge is 0.248 e. The quantitative estimate of drug-likeness (QED) is 0.449. The average molecular weight is 396 g/mol. The average Bonchev–Trinajstić information content (AvgIpc) is 3.03. The summed E-state index contributed by atoms with van der Waals surface area (Å²) in [5.74, 6) is -0.763. The van der Waals surface area contributed by atoms with Crippen LogP contribution >= 0.6 is 22.9 Å². The monoisotopic (exact) mass is 395 g/mol. The third kappa shape index (κ3) is 3.72. The Kier molecular flexibility index (Phi) is 4.68. The van der Waals surface area contributed by atoms with E-state index in [0.717, 1.165) is 31.7 Å². The summed E-state index contributed by atoms with van der Waals surface area (Å²) in [7, 11) is 0. The van der Waals surface area contributed by atoms with E-state index in [4.69, 9.17) is 17.3 Å². The number of rotatable bonds is 4. The Morgan fingerprint density at radius 3 is 2.52 bits per heavy atom. The summed E-state index contributed by atoms with van der Waals surface area (Å²) >= 11 is 7.64. The van der Waals surface area contributed by atoms with E-state index in [1.54, 1.807) is 29.5 Å². The molecule has 2 nitrogen and oxygen atoms in total. The molecule has 4 rings (SSSR count). The summed E-state index contributed by atoms with van der Waals surface area (Å²) in [5, 5.41) is 1.54. The number of carbonyl (C=O) groups excluding carboxylic acids is 1. The molecule has 0 aliphatic heterocycles. The number of primary amides is 1. The minimum atomic E-state index is -0.438. The van der Waals surface area contributed by atoms with Crippen LogP contribution in [-0.2, 0) is 6.42 Å².